The van der Waals surface area contributed by atoms with E-state index in [1.165, 1.54) is 5.56 Å². The van der Waals surface area contributed by atoms with Crippen molar-refractivity contribution in [3.8, 4) is 0 Å². The molecule has 1 aliphatic rings. The van der Waals surface area contributed by atoms with E-state index >= 15 is 0 Å². The second-order valence-corrected chi connectivity index (χ2v) is 4.20. The molecule has 0 bridgehead atoms. The van der Waals surface area contributed by atoms with Crippen molar-refractivity contribution < 1.29 is 14.8 Å². The Morgan fingerprint density at radius 3 is 2.88 bits per heavy atom. The Morgan fingerprint density at radius 2 is 2.12 bits per heavy atom. The van der Waals surface area contributed by atoms with Crippen LogP contribution in [0.2, 0.25) is 0 Å². The Labute approximate surface area is 102 Å². The zero-order chi connectivity index (χ0) is 11.8. The first kappa shape index (κ1) is 12.5. The van der Waals surface area contributed by atoms with E-state index in [2.05, 4.69) is 39.5 Å². The van der Waals surface area contributed by atoms with Crippen LogP contribution >= 0.6 is 0 Å². The third kappa shape index (κ3) is 4.83. The van der Waals surface area contributed by atoms with E-state index in [9.17, 15) is 0 Å². The number of hydrogen-bond acceptors (Lipinski definition) is 4. The number of nitrogens with one attached hydrogen (secondary N) is 1. The highest BCUT2D eigenvalue weighted by atomic mass is 17.5. The van der Waals surface area contributed by atoms with E-state index in [0.29, 0.717) is 6.61 Å². The minimum absolute atomic E-state index is 0.183. The molecule has 1 aliphatic heterocycles. The standard InChI is InChI=1S/C13H19NO3/c1-2-5-12(6-3-1)11-14-9-4-7-13-8-10-15-17-16-13/h1-3,5-6,13-14H,4,7-11H2. The smallest absolute Gasteiger partial charge is 0.0985 e. The molecule has 0 saturated carbocycles. The Balaban J connectivity index is 1.51. The lowest BCUT2D eigenvalue weighted by molar-refractivity contribution is -0.549. The summed E-state index contributed by atoms with van der Waals surface area (Å²) < 4.78 is 0. The van der Waals surface area contributed by atoms with Crippen LogP contribution in [-0.2, 0) is 21.4 Å². The molecule has 0 spiro atoms. The molecule has 0 aliphatic carbocycles. The van der Waals surface area contributed by atoms with Crippen molar-refractivity contribution in [2.24, 2.45) is 0 Å². The summed E-state index contributed by atoms with van der Waals surface area (Å²) in [5.74, 6) is 0. The van der Waals surface area contributed by atoms with Gasteiger partial charge in [-0.3, -0.25) is 0 Å². The van der Waals surface area contributed by atoms with Gasteiger partial charge >= 0.3 is 0 Å². The molecule has 1 aromatic carbocycles. The number of rotatable bonds is 6. The molecule has 1 N–H and O–H groups in total. The lowest BCUT2D eigenvalue weighted by atomic mass is 10.1. The molecule has 4 nitrogen and oxygen atoms in total. The van der Waals surface area contributed by atoms with E-state index in [-0.39, 0.29) is 6.10 Å². The molecule has 0 radical (unpaired) electrons. The van der Waals surface area contributed by atoms with Crippen molar-refractivity contribution in [2.45, 2.75) is 31.9 Å². The second-order valence-electron chi connectivity index (χ2n) is 4.20. The van der Waals surface area contributed by atoms with Crippen molar-refractivity contribution in [3.05, 3.63) is 35.9 Å². The molecule has 4 heteroatoms. The van der Waals surface area contributed by atoms with Gasteiger partial charge in [0, 0.05) is 13.0 Å². The molecule has 1 atom stereocenters. The summed E-state index contributed by atoms with van der Waals surface area (Å²) in [7, 11) is 0. The molecule has 94 valence electrons. The average Bonchev–Trinajstić information content (AvgIpc) is 2.41. The van der Waals surface area contributed by atoms with E-state index in [0.717, 1.165) is 32.4 Å². The van der Waals surface area contributed by atoms with Crippen LogP contribution in [-0.4, -0.2) is 19.3 Å². The topological polar surface area (TPSA) is 39.7 Å². The lowest BCUT2D eigenvalue weighted by Crippen LogP contribution is -2.23. The zero-order valence-corrected chi connectivity index (χ0v) is 9.93. The van der Waals surface area contributed by atoms with Crippen LogP contribution in [0.5, 0.6) is 0 Å². The third-order valence-corrected chi connectivity index (χ3v) is 2.80. The molecule has 1 unspecified atom stereocenters. The fourth-order valence-corrected chi connectivity index (χ4v) is 1.82. The molecular weight excluding hydrogens is 218 g/mol. The minimum atomic E-state index is 0.183. The fraction of sp³-hybridized carbons (Fsp3) is 0.538. The van der Waals surface area contributed by atoms with Gasteiger partial charge in [-0.2, -0.15) is 0 Å². The van der Waals surface area contributed by atoms with Gasteiger partial charge in [-0.25, -0.2) is 9.78 Å². The van der Waals surface area contributed by atoms with Gasteiger partial charge in [0.1, 0.15) is 0 Å². The van der Waals surface area contributed by atoms with E-state index < -0.39 is 0 Å². The Hall–Kier alpha value is -0.940. The Bertz CT molecular complexity index is 299. The summed E-state index contributed by atoms with van der Waals surface area (Å²) in [4.78, 5) is 9.64. The average molecular weight is 237 g/mol. The summed E-state index contributed by atoms with van der Waals surface area (Å²) in [5, 5.41) is 7.90. The third-order valence-electron chi connectivity index (χ3n) is 2.80. The molecule has 1 heterocycles. The molecule has 17 heavy (non-hydrogen) atoms. The van der Waals surface area contributed by atoms with Crippen molar-refractivity contribution in [2.75, 3.05) is 13.2 Å². The molecule has 2 rings (SSSR count). The number of benzene rings is 1. The maximum absolute atomic E-state index is 4.99. The quantitative estimate of drug-likeness (QED) is 0.608. The van der Waals surface area contributed by atoms with E-state index in [4.69, 9.17) is 4.89 Å². The first-order valence-electron chi connectivity index (χ1n) is 6.15. The first-order valence-corrected chi connectivity index (χ1v) is 6.15. The first-order chi connectivity index (χ1) is 8.45. The van der Waals surface area contributed by atoms with E-state index in [1.54, 1.807) is 0 Å². The molecule has 1 fully saturated rings. The van der Waals surface area contributed by atoms with Gasteiger partial charge in [0.05, 0.1) is 12.7 Å². The summed E-state index contributed by atoms with van der Waals surface area (Å²) >= 11 is 0. The summed E-state index contributed by atoms with van der Waals surface area (Å²) in [6.07, 6.45) is 3.19. The molecule has 0 amide bonds. The van der Waals surface area contributed by atoms with Gasteiger partial charge in [-0.1, -0.05) is 35.4 Å². The van der Waals surface area contributed by atoms with Crippen molar-refractivity contribution in [3.63, 3.8) is 0 Å². The maximum Gasteiger partial charge on any atom is 0.0985 e. The highest BCUT2D eigenvalue weighted by Crippen LogP contribution is 2.12. The lowest BCUT2D eigenvalue weighted by Gasteiger charge is -2.19. The highest BCUT2D eigenvalue weighted by molar-refractivity contribution is 5.14. The molecule has 1 saturated heterocycles. The molecule has 0 aromatic heterocycles. The normalized spacial score (nSPS) is 20.4. The molecule has 1 aromatic rings. The van der Waals surface area contributed by atoms with Gasteiger partial charge in [0.15, 0.2) is 0 Å². The monoisotopic (exact) mass is 237 g/mol. The zero-order valence-electron chi connectivity index (χ0n) is 9.93. The fourth-order valence-electron chi connectivity index (χ4n) is 1.82. The summed E-state index contributed by atoms with van der Waals surface area (Å²) in [6, 6.07) is 10.4. The maximum atomic E-state index is 4.99. The van der Waals surface area contributed by atoms with Crippen LogP contribution in [0.25, 0.3) is 0 Å². The van der Waals surface area contributed by atoms with Gasteiger partial charge < -0.3 is 5.32 Å². The van der Waals surface area contributed by atoms with Crippen LogP contribution in [0.3, 0.4) is 0 Å². The molecular formula is C13H19NO3. The van der Waals surface area contributed by atoms with Crippen molar-refractivity contribution in [1.82, 2.24) is 5.32 Å². The van der Waals surface area contributed by atoms with Crippen LogP contribution in [0.15, 0.2) is 30.3 Å². The van der Waals surface area contributed by atoms with Gasteiger partial charge in [-0.15, -0.1) is 0 Å². The van der Waals surface area contributed by atoms with Crippen molar-refractivity contribution >= 4 is 0 Å². The largest absolute Gasteiger partial charge is 0.313 e. The van der Waals surface area contributed by atoms with Gasteiger partial charge in [0.2, 0.25) is 0 Å². The van der Waals surface area contributed by atoms with Gasteiger partial charge in [-0.05, 0) is 24.9 Å². The summed E-state index contributed by atoms with van der Waals surface area (Å²) in [6.45, 7) is 2.55. The van der Waals surface area contributed by atoms with Crippen LogP contribution in [0.1, 0.15) is 24.8 Å². The van der Waals surface area contributed by atoms with Gasteiger partial charge in [0.25, 0.3) is 0 Å². The predicted molar refractivity (Wildman–Crippen MR) is 63.9 cm³/mol. The minimum Gasteiger partial charge on any atom is -0.313 e. The predicted octanol–water partition coefficient (Wildman–Crippen LogP) is 2.21. The van der Waals surface area contributed by atoms with Crippen LogP contribution in [0, 0.1) is 0 Å². The van der Waals surface area contributed by atoms with E-state index in [1.807, 2.05) is 6.07 Å². The summed E-state index contributed by atoms with van der Waals surface area (Å²) in [5.41, 5.74) is 1.32. The highest BCUT2D eigenvalue weighted by Gasteiger charge is 2.15. The van der Waals surface area contributed by atoms with Crippen LogP contribution in [0.4, 0.5) is 0 Å². The van der Waals surface area contributed by atoms with Crippen LogP contribution < -0.4 is 5.32 Å². The second kappa shape index (κ2) is 7.40. The SMILES string of the molecule is c1ccc(CNCCCC2CCOOO2)cc1. The number of hydrogen-bond donors (Lipinski definition) is 1. The Morgan fingerprint density at radius 1 is 1.24 bits per heavy atom. The Kier molecular flexibility index (Phi) is 5.45. The van der Waals surface area contributed by atoms with Crippen molar-refractivity contribution in [1.29, 1.82) is 0 Å².